The van der Waals surface area contributed by atoms with Crippen LogP contribution >= 0.6 is 0 Å². The Morgan fingerprint density at radius 3 is 2.78 bits per heavy atom. The second-order valence-corrected chi connectivity index (χ2v) is 3.71. The second kappa shape index (κ2) is 6.70. The molecule has 0 aliphatic rings. The highest BCUT2D eigenvalue weighted by Crippen LogP contribution is 2.07. The molecule has 3 N–H and O–H groups in total. The van der Waals surface area contributed by atoms with Crippen molar-refractivity contribution < 1.29 is 14.3 Å². The molecule has 6 heteroatoms. The maximum Gasteiger partial charge on any atom is 0.332 e. The van der Waals surface area contributed by atoms with E-state index in [1.54, 1.807) is 32.2 Å². The molecule has 0 saturated carbocycles. The fraction of sp³-hybridized carbons (Fsp3) is 0.417. The molecule has 1 aromatic heterocycles. The summed E-state index contributed by atoms with van der Waals surface area (Å²) in [6.07, 6.45) is 1.63. The lowest BCUT2D eigenvalue weighted by Crippen LogP contribution is -2.47. The molecule has 1 aromatic rings. The SMILES string of the molecule is CCOC(=O)C(N)C(=O)N[C@H](C)c1ccccn1. The molecule has 0 bridgehead atoms. The number of hydrogen-bond donors (Lipinski definition) is 2. The highest BCUT2D eigenvalue weighted by Gasteiger charge is 2.24. The highest BCUT2D eigenvalue weighted by atomic mass is 16.5. The first kappa shape index (κ1) is 14.1. The summed E-state index contributed by atoms with van der Waals surface area (Å²) in [5, 5.41) is 2.61. The van der Waals surface area contributed by atoms with Crippen LogP contribution in [0, 0.1) is 0 Å². The predicted octanol–water partition coefficient (Wildman–Crippen LogP) is 0.149. The zero-order chi connectivity index (χ0) is 13.5. The summed E-state index contributed by atoms with van der Waals surface area (Å²) in [7, 11) is 0. The van der Waals surface area contributed by atoms with Crippen molar-refractivity contribution in [1.29, 1.82) is 0 Å². The van der Waals surface area contributed by atoms with E-state index in [1.807, 2.05) is 6.07 Å². The minimum atomic E-state index is -1.31. The van der Waals surface area contributed by atoms with Crippen LogP contribution in [0.2, 0.25) is 0 Å². The van der Waals surface area contributed by atoms with E-state index < -0.39 is 17.9 Å². The van der Waals surface area contributed by atoms with E-state index in [0.717, 1.165) is 0 Å². The Morgan fingerprint density at radius 2 is 2.22 bits per heavy atom. The maximum atomic E-state index is 11.7. The average molecular weight is 251 g/mol. The molecule has 0 aliphatic carbocycles. The number of amides is 1. The maximum absolute atomic E-state index is 11.7. The van der Waals surface area contributed by atoms with Gasteiger partial charge in [0.2, 0.25) is 5.91 Å². The number of carbonyl (C=O) groups is 2. The number of nitrogens with two attached hydrogens (primary N) is 1. The van der Waals surface area contributed by atoms with E-state index in [0.29, 0.717) is 5.69 Å². The van der Waals surface area contributed by atoms with Gasteiger partial charge in [-0.2, -0.15) is 0 Å². The number of pyridine rings is 1. The first-order chi connectivity index (χ1) is 8.56. The Hall–Kier alpha value is -1.95. The van der Waals surface area contributed by atoms with Gasteiger partial charge in [-0.25, -0.2) is 4.79 Å². The van der Waals surface area contributed by atoms with Crippen LogP contribution in [-0.4, -0.2) is 29.5 Å². The minimum Gasteiger partial charge on any atom is -0.464 e. The molecule has 6 nitrogen and oxygen atoms in total. The third-order valence-electron chi connectivity index (χ3n) is 2.31. The first-order valence-electron chi connectivity index (χ1n) is 5.69. The van der Waals surface area contributed by atoms with Gasteiger partial charge in [-0.3, -0.25) is 9.78 Å². The summed E-state index contributed by atoms with van der Waals surface area (Å²) in [5.74, 6) is -1.31. The van der Waals surface area contributed by atoms with Crippen LogP contribution in [0.4, 0.5) is 0 Å². The number of rotatable bonds is 5. The van der Waals surface area contributed by atoms with Crippen molar-refractivity contribution >= 4 is 11.9 Å². The number of carbonyl (C=O) groups excluding carboxylic acids is 2. The van der Waals surface area contributed by atoms with Crippen molar-refractivity contribution in [3.05, 3.63) is 30.1 Å². The predicted molar refractivity (Wildman–Crippen MR) is 65.4 cm³/mol. The van der Waals surface area contributed by atoms with Gasteiger partial charge in [0.25, 0.3) is 0 Å². The standard InChI is InChI=1S/C12H17N3O3/c1-3-18-12(17)10(13)11(16)15-8(2)9-6-4-5-7-14-9/h4-8,10H,3,13H2,1-2H3,(H,15,16)/t8-,10?/m1/s1. The van der Waals surface area contributed by atoms with Crippen LogP contribution in [0.1, 0.15) is 25.6 Å². The summed E-state index contributed by atoms with van der Waals surface area (Å²) in [6, 6.07) is 3.75. The summed E-state index contributed by atoms with van der Waals surface area (Å²) in [4.78, 5) is 27.1. The summed E-state index contributed by atoms with van der Waals surface area (Å²) in [5.41, 5.74) is 6.16. The number of esters is 1. The Kier molecular flexibility index (Phi) is 5.26. The Bertz CT molecular complexity index is 408. The van der Waals surface area contributed by atoms with Gasteiger partial charge in [0, 0.05) is 6.20 Å². The van der Waals surface area contributed by atoms with E-state index in [-0.39, 0.29) is 12.6 Å². The summed E-state index contributed by atoms with van der Waals surface area (Å²) in [6.45, 7) is 3.60. The van der Waals surface area contributed by atoms with Crippen LogP contribution < -0.4 is 11.1 Å². The molecule has 2 atom stereocenters. The molecule has 0 aliphatic heterocycles. The van der Waals surface area contributed by atoms with E-state index in [2.05, 4.69) is 15.0 Å². The number of nitrogens with one attached hydrogen (secondary N) is 1. The fourth-order valence-electron chi connectivity index (χ4n) is 1.35. The van der Waals surface area contributed by atoms with Crippen molar-refractivity contribution in [2.24, 2.45) is 5.73 Å². The number of aromatic nitrogens is 1. The molecular formula is C12H17N3O3. The number of ether oxygens (including phenoxy) is 1. The van der Waals surface area contributed by atoms with E-state index in [1.165, 1.54) is 0 Å². The molecule has 0 fully saturated rings. The van der Waals surface area contributed by atoms with Gasteiger partial charge in [-0.05, 0) is 26.0 Å². The van der Waals surface area contributed by atoms with Gasteiger partial charge in [0.05, 0.1) is 18.3 Å². The normalized spacial score (nSPS) is 13.5. The van der Waals surface area contributed by atoms with Crippen molar-refractivity contribution in [3.63, 3.8) is 0 Å². The van der Waals surface area contributed by atoms with Crippen molar-refractivity contribution in [2.75, 3.05) is 6.61 Å². The Labute approximate surface area is 106 Å². The van der Waals surface area contributed by atoms with Crippen LogP contribution in [0.25, 0.3) is 0 Å². The molecule has 98 valence electrons. The molecule has 18 heavy (non-hydrogen) atoms. The molecule has 1 heterocycles. The second-order valence-electron chi connectivity index (χ2n) is 3.71. The summed E-state index contributed by atoms with van der Waals surface area (Å²) >= 11 is 0. The lowest BCUT2D eigenvalue weighted by Gasteiger charge is -2.16. The third-order valence-corrected chi connectivity index (χ3v) is 2.31. The lowest BCUT2D eigenvalue weighted by atomic mass is 10.2. The Balaban J connectivity index is 2.57. The van der Waals surface area contributed by atoms with Gasteiger partial charge < -0.3 is 15.8 Å². The quantitative estimate of drug-likeness (QED) is 0.574. The third kappa shape index (κ3) is 3.81. The minimum absolute atomic E-state index is 0.190. The largest absolute Gasteiger partial charge is 0.464 e. The molecule has 0 spiro atoms. The Morgan fingerprint density at radius 1 is 1.50 bits per heavy atom. The topological polar surface area (TPSA) is 94.3 Å². The van der Waals surface area contributed by atoms with Crippen LogP contribution in [0.3, 0.4) is 0 Å². The van der Waals surface area contributed by atoms with Crippen molar-refractivity contribution in [2.45, 2.75) is 25.9 Å². The fourth-order valence-corrected chi connectivity index (χ4v) is 1.35. The van der Waals surface area contributed by atoms with Gasteiger partial charge >= 0.3 is 5.97 Å². The van der Waals surface area contributed by atoms with Crippen LogP contribution in [0.15, 0.2) is 24.4 Å². The van der Waals surface area contributed by atoms with E-state index in [9.17, 15) is 9.59 Å². The monoisotopic (exact) mass is 251 g/mol. The molecule has 1 rings (SSSR count). The van der Waals surface area contributed by atoms with Gasteiger partial charge in [-0.15, -0.1) is 0 Å². The first-order valence-corrected chi connectivity index (χ1v) is 5.69. The van der Waals surface area contributed by atoms with Crippen molar-refractivity contribution in [1.82, 2.24) is 10.3 Å². The number of hydrogen-bond acceptors (Lipinski definition) is 5. The molecule has 1 amide bonds. The summed E-state index contributed by atoms with van der Waals surface area (Å²) < 4.78 is 4.67. The lowest BCUT2D eigenvalue weighted by molar-refractivity contribution is -0.148. The van der Waals surface area contributed by atoms with E-state index in [4.69, 9.17) is 5.73 Å². The van der Waals surface area contributed by atoms with Gasteiger partial charge in [0.15, 0.2) is 6.04 Å². The average Bonchev–Trinajstić information content (AvgIpc) is 2.39. The number of nitrogens with zero attached hydrogens (tertiary/aromatic N) is 1. The van der Waals surface area contributed by atoms with E-state index >= 15 is 0 Å². The smallest absolute Gasteiger partial charge is 0.332 e. The molecule has 0 saturated heterocycles. The van der Waals surface area contributed by atoms with Crippen LogP contribution in [-0.2, 0) is 14.3 Å². The molecule has 0 aromatic carbocycles. The van der Waals surface area contributed by atoms with Crippen LogP contribution in [0.5, 0.6) is 0 Å². The zero-order valence-electron chi connectivity index (χ0n) is 10.4. The molecule has 0 radical (unpaired) electrons. The van der Waals surface area contributed by atoms with Crippen molar-refractivity contribution in [3.8, 4) is 0 Å². The highest BCUT2D eigenvalue weighted by molar-refractivity contribution is 6.01. The zero-order valence-corrected chi connectivity index (χ0v) is 10.4. The molecular weight excluding hydrogens is 234 g/mol. The van der Waals surface area contributed by atoms with Gasteiger partial charge in [-0.1, -0.05) is 6.07 Å². The van der Waals surface area contributed by atoms with Gasteiger partial charge in [0.1, 0.15) is 0 Å². The molecule has 1 unspecified atom stereocenters.